The third-order valence-electron chi connectivity index (χ3n) is 2.43. The predicted molar refractivity (Wildman–Crippen MR) is 58.3 cm³/mol. The van der Waals surface area contributed by atoms with E-state index in [1.54, 1.807) is 4.68 Å². The van der Waals surface area contributed by atoms with Crippen LogP contribution in [0.1, 0.15) is 38.6 Å². The Bertz CT molecular complexity index is 377. The molecule has 6 nitrogen and oxygen atoms in total. The molecule has 1 aromatic heterocycles. The second-order valence-electron chi connectivity index (χ2n) is 3.87. The summed E-state index contributed by atoms with van der Waals surface area (Å²) in [5.74, 6) is -0.794. The van der Waals surface area contributed by atoms with E-state index in [9.17, 15) is 4.79 Å². The first-order valence-corrected chi connectivity index (χ1v) is 6.27. The predicted octanol–water partition coefficient (Wildman–Crippen LogP) is 1.35. The van der Waals surface area contributed by atoms with Crippen LogP contribution in [0.2, 0.25) is 0 Å². The molecule has 88 valence electrons. The summed E-state index contributed by atoms with van der Waals surface area (Å²) in [4.78, 5) is 11.0. The minimum atomic E-state index is -0.794. The van der Waals surface area contributed by atoms with E-state index in [2.05, 4.69) is 15.5 Å². The molecule has 1 aromatic rings. The molecule has 0 spiro atoms. The van der Waals surface area contributed by atoms with Crippen LogP contribution in [0.25, 0.3) is 0 Å². The maximum atomic E-state index is 11.0. The molecule has 0 radical (unpaired) electrons. The quantitative estimate of drug-likeness (QED) is 0.758. The average molecular weight is 242 g/mol. The molecule has 0 bridgehead atoms. The first kappa shape index (κ1) is 11.4. The van der Waals surface area contributed by atoms with Crippen LogP contribution in [0.3, 0.4) is 0 Å². The van der Waals surface area contributed by atoms with Gasteiger partial charge in [-0.25, -0.2) is 4.68 Å². The third kappa shape index (κ3) is 2.52. The fourth-order valence-corrected chi connectivity index (χ4v) is 2.52. The molecular weight excluding hydrogens is 228 g/mol. The molecule has 16 heavy (non-hydrogen) atoms. The Labute approximate surface area is 97.4 Å². The number of hydrogen-bond acceptors (Lipinski definition) is 5. The van der Waals surface area contributed by atoms with Gasteiger partial charge in [0, 0.05) is 0 Å². The maximum absolute atomic E-state index is 11.0. The zero-order valence-electron chi connectivity index (χ0n) is 9.04. The summed E-state index contributed by atoms with van der Waals surface area (Å²) in [7, 11) is 0. The molecule has 1 fully saturated rings. The lowest BCUT2D eigenvalue weighted by molar-refractivity contribution is -0.136. The molecule has 1 saturated carbocycles. The van der Waals surface area contributed by atoms with Crippen LogP contribution < -0.4 is 0 Å². The van der Waals surface area contributed by atoms with Crippen molar-refractivity contribution >= 4 is 17.7 Å². The number of aliphatic carboxylic acids is 1. The summed E-state index contributed by atoms with van der Waals surface area (Å²) in [5.41, 5.74) is 0. The van der Waals surface area contributed by atoms with Gasteiger partial charge >= 0.3 is 5.97 Å². The van der Waals surface area contributed by atoms with Crippen molar-refractivity contribution in [3.05, 3.63) is 0 Å². The molecule has 1 unspecified atom stereocenters. The van der Waals surface area contributed by atoms with Gasteiger partial charge in [-0.3, -0.25) is 4.79 Å². The van der Waals surface area contributed by atoms with E-state index in [4.69, 9.17) is 5.11 Å². The number of thioether (sulfide) groups is 1. The van der Waals surface area contributed by atoms with E-state index >= 15 is 0 Å². The van der Waals surface area contributed by atoms with Crippen molar-refractivity contribution in [2.75, 3.05) is 0 Å². The summed E-state index contributed by atoms with van der Waals surface area (Å²) in [6.45, 7) is 1.97. The van der Waals surface area contributed by atoms with E-state index in [1.165, 1.54) is 11.8 Å². The molecule has 0 aliphatic heterocycles. The number of hydrogen-bond donors (Lipinski definition) is 1. The van der Waals surface area contributed by atoms with Crippen molar-refractivity contribution in [3.63, 3.8) is 0 Å². The summed E-state index contributed by atoms with van der Waals surface area (Å²) in [6.07, 6.45) is 3.65. The highest BCUT2D eigenvalue weighted by molar-refractivity contribution is 8.00. The van der Waals surface area contributed by atoms with Crippen molar-refractivity contribution in [1.82, 2.24) is 20.2 Å². The molecular formula is C9H14N4O2S. The Morgan fingerprint density at radius 2 is 2.44 bits per heavy atom. The maximum Gasteiger partial charge on any atom is 0.317 e. The van der Waals surface area contributed by atoms with Crippen molar-refractivity contribution in [1.29, 1.82) is 0 Å². The van der Waals surface area contributed by atoms with Crippen molar-refractivity contribution in [2.45, 2.75) is 49.1 Å². The Balaban J connectivity index is 2.05. The normalized spacial score (nSPS) is 17.3. The molecule has 7 heteroatoms. The van der Waals surface area contributed by atoms with Crippen LogP contribution >= 0.6 is 11.8 Å². The molecule has 0 saturated heterocycles. The molecule has 1 aliphatic rings. The Morgan fingerprint density at radius 3 is 3.00 bits per heavy atom. The molecule has 0 amide bonds. The number of carboxylic acid groups (broad SMARTS) is 1. The van der Waals surface area contributed by atoms with E-state index in [-0.39, 0.29) is 0 Å². The summed E-state index contributed by atoms with van der Waals surface area (Å²) in [6, 6.07) is 0.383. The second kappa shape index (κ2) is 4.82. The van der Waals surface area contributed by atoms with Crippen LogP contribution in [0.4, 0.5) is 0 Å². The molecule has 1 atom stereocenters. The highest BCUT2D eigenvalue weighted by atomic mass is 32.2. The van der Waals surface area contributed by atoms with Gasteiger partial charge < -0.3 is 5.11 Å². The van der Waals surface area contributed by atoms with E-state index in [0.717, 1.165) is 19.3 Å². The number of carbonyl (C=O) groups is 1. The molecule has 0 aromatic carbocycles. The van der Waals surface area contributed by atoms with Crippen LogP contribution in [0.5, 0.6) is 0 Å². The topological polar surface area (TPSA) is 80.9 Å². The first-order valence-electron chi connectivity index (χ1n) is 5.39. The highest BCUT2D eigenvalue weighted by Crippen LogP contribution is 2.37. The van der Waals surface area contributed by atoms with Gasteiger partial charge in [-0.15, -0.1) is 5.10 Å². The monoisotopic (exact) mass is 242 g/mol. The average Bonchev–Trinajstić information content (AvgIpc) is 2.99. The van der Waals surface area contributed by atoms with E-state index in [1.807, 2.05) is 6.92 Å². The lowest BCUT2D eigenvalue weighted by Gasteiger charge is -2.09. The summed E-state index contributed by atoms with van der Waals surface area (Å²) in [5, 5.41) is 20.6. The molecule has 2 rings (SSSR count). The van der Waals surface area contributed by atoms with Crippen molar-refractivity contribution < 1.29 is 9.90 Å². The van der Waals surface area contributed by atoms with Crippen LogP contribution in [0, 0.1) is 0 Å². The van der Waals surface area contributed by atoms with E-state index < -0.39 is 11.2 Å². The number of aromatic nitrogens is 4. The zero-order chi connectivity index (χ0) is 11.5. The van der Waals surface area contributed by atoms with Crippen LogP contribution in [-0.2, 0) is 4.79 Å². The Hall–Kier alpha value is -1.11. The number of tetrazole rings is 1. The minimum Gasteiger partial charge on any atom is -0.480 e. The SMILES string of the molecule is CCCC(Sc1nnnn1C1CC1)C(=O)O. The number of nitrogens with zero attached hydrogens (tertiary/aromatic N) is 4. The van der Waals surface area contributed by atoms with Gasteiger partial charge in [-0.2, -0.15) is 0 Å². The fraction of sp³-hybridized carbons (Fsp3) is 0.778. The largest absolute Gasteiger partial charge is 0.480 e. The molecule has 1 aliphatic carbocycles. The highest BCUT2D eigenvalue weighted by Gasteiger charge is 2.30. The lowest BCUT2D eigenvalue weighted by atomic mass is 10.2. The molecule has 1 heterocycles. The fourth-order valence-electron chi connectivity index (χ4n) is 1.43. The second-order valence-corrected chi connectivity index (χ2v) is 5.04. The zero-order valence-corrected chi connectivity index (χ0v) is 9.85. The first-order chi connectivity index (χ1) is 7.72. The van der Waals surface area contributed by atoms with Gasteiger partial charge in [0.05, 0.1) is 6.04 Å². The van der Waals surface area contributed by atoms with Gasteiger partial charge in [0.25, 0.3) is 0 Å². The van der Waals surface area contributed by atoms with Gasteiger partial charge in [-0.05, 0) is 29.7 Å². The van der Waals surface area contributed by atoms with Crippen molar-refractivity contribution in [3.8, 4) is 0 Å². The van der Waals surface area contributed by atoms with Crippen molar-refractivity contribution in [2.24, 2.45) is 0 Å². The van der Waals surface area contributed by atoms with E-state index in [0.29, 0.717) is 17.6 Å². The van der Waals surface area contributed by atoms with Gasteiger partial charge in [0.2, 0.25) is 5.16 Å². The minimum absolute atomic E-state index is 0.383. The Morgan fingerprint density at radius 1 is 1.69 bits per heavy atom. The van der Waals surface area contributed by atoms with Crippen LogP contribution in [0.15, 0.2) is 5.16 Å². The summed E-state index contributed by atoms with van der Waals surface area (Å²) < 4.78 is 1.75. The number of carboxylic acids is 1. The van der Waals surface area contributed by atoms with Gasteiger partial charge in [-0.1, -0.05) is 25.1 Å². The standard InChI is InChI=1S/C9H14N4O2S/c1-2-3-7(8(14)15)16-9-10-11-12-13(9)6-4-5-6/h6-7H,2-5H2,1H3,(H,14,15). The summed E-state index contributed by atoms with van der Waals surface area (Å²) >= 11 is 1.25. The molecule has 1 N–H and O–H groups in total. The Kier molecular flexibility index (Phi) is 3.42. The smallest absolute Gasteiger partial charge is 0.317 e. The third-order valence-corrected chi connectivity index (χ3v) is 3.63. The van der Waals surface area contributed by atoms with Gasteiger partial charge in [0.15, 0.2) is 0 Å². The van der Waals surface area contributed by atoms with Gasteiger partial charge in [0.1, 0.15) is 5.25 Å². The van der Waals surface area contributed by atoms with Crippen LogP contribution in [-0.4, -0.2) is 36.5 Å². The number of rotatable bonds is 6. The lowest BCUT2D eigenvalue weighted by Crippen LogP contribution is -2.17.